The summed E-state index contributed by atoms with van der Waals surface area (Å²) >= 11 is 0. The van der Waals surface area contributed by atoms with Crippen molar-refractivity contribution in [3.63, 3.8) is 0 Å². The Hall–Kier alpha value is -1.13. The van der Waals surface area contributed by atoms with Gasteiger partial charge in [-0.1, -0.05) is 29.8 Å². The Kier molecular flexibility index (Phi) is 3.12. The molecule has 3 nitrogen and oxygen atoms in total. The molecular formula is C12H15NO2S. The molecule has 0 radical (unpaired) electrons. The van der Waals surface area contributed by atoms with Crippen LogP contribution in [0, 0.1) is 6.92 Å². The highest BCUT2D eigenvalue weighted by molar-refractivity contribution is 7.89. The monoisotopic (exact) mass is 237 g/mol. The van der Waals surface area contributed by atoms with Crippen molar-refractivity contribution in [2.45, 2.75) is 30.7 Å². The van der Waals surface area contributed by atoms with Gasteiger partial charge in [-0.15, -0.1) is 0 Å². The van der Waals surface area contributed by atoms with Crippen LogP contribution in [0.3, 0.4) is 0 Å². The van der Waals surface area contributed by atoms with E-state index in [1.165, 1.54) is 0 Å². The van der Waals surface area contributed by atoms with Crippen molar-refractivity contribution >= 4 is 10.0 Å². The molecule has 0 aromatic heterocycles. The zero-order chi connectivity index (χ0) is 11.6. The predicted octanol–water partition coefficient (Wildman–Crippen LogP) is 1.99. The fourth-order valence-corrected chi connectivity index (χ4v) is 2.94. The summed E-state index contributed by atoms with van der Waals surface area (Å²) in [5, 5.41) is 0. The molecule has 0 saturated heterocycles. The van der Waals surface area contributed by atoms with Crippen LogP contribution in [0.15, 0.2) is 41.3 Å². The van der Waals surface area contributed by atoms with E-state index in [0.717, 1.165) is 18.4 Å². The van der Waals surface area contributed by atoms with Gasteiger partial charge in [-0.2, -0.15) is 0 Å². The Balaban J connectivity index is 2.18. The van der Waals surface area contributed by atoms with E-state index in [0.29, 0.717) is 4.90 Å². The standard InChI is InChI=1S/C12H15NO2S/c1-10-6-8-12(9-7-10)16(14,15)13-11-4-2-3-5-11/h2,4,6-9,11,13H,3,5H2,1H3/t11-/m1/s1. The van der Waals surface area contributed by atoms with Crippen LogP contribution < -0.4 is 4.72 Å². The van der Waals surface area contributed by atoms with Crippen LogP contribution >= 0.6 is 0 Å². The van der Waals surface area contributed by atoms with Crippen LogP contribution in [0.4, 0.5) is 0 Å². The first-order chi connectivity index (χ1) is 7.58. The lowest BCUT2D eigenvalue weighted by Gasteiger charge is -2.11. The van der Waals surface area contributed by atoms with Crippen LogP contribution in [0.5, 0.6) is 0 Å². The van der Waals surface area contributed by atoms with E-state index in [2.05, 4.69) is 4.72 Å². The predicted molar refractivity (Wildman–Crippen MR) is 63.7 cm³/mol. The van der Waals surface area contributed by atoms with Crippen molar-refractivity contribution in [2.75, 3.05) is 0 Å². The molecule has 4 heteroatoms. The summed E-state index contributed by atoms with van der Waals surface area (Å²) in [5.74, 6) is 0. The first kappa shape index (κ1) is 11.4. The van der Waals surface area contributed by atoms with Crippen molar-refractivity contribution in [1.82, 2.24) is 4.72 Å². The number of benzene rings is 1. The Morgan fingerprint density at radius 3 is 2.50 bits per heavy atom. The first-order valence-corrected chi connectivity index (χ1v) is 6.82. The van der Waals surface area contributed by atoms with E-state index in [1.807, 2.05) is 19.1 Å². The number of allylic oxidation sites excluding steroid dienone is 1. The zero-order valence-electron chi connectivity index (χ0n) is 9.18. The molecule has 1 aliphatic carbocycles. The zero-order valence-corrected chi connectivity index (χ0v) is 10.00. The molecular weight excluding hydrogens is 222 g/mol. The molecule has 0 unspecified atom stereocenters. The Morgan fingerprint density at radius 2 is 1.94 bits per heavy atom. The van der Waals surface area contributed by atoms with Gasteiger partial charge in [0, 0.05) is 6.04 Å². The summed E-state index contributed by atoms with van der Waals surface area (Å²) in [6.45, 7) is 1.93. The lowest BCUT2D eigenvalue weighted by atomic mass is 10.2. The van der Waals surface area contributed by atoms with Crippen molar-refractivity contribution in [3.05, 3.63) is 42.0 Å². The van der Waals surface area contributed by atoms with E-state index in [1.54, 1.807) is 24.3 Å². The first-order valence-electron chi connectivity index (χ1n) is 5.33. The second kappa shape index (κ2) is 4.39. The van der Waals surface area contributed by atoms with Gasteiger partial charge in [-0.3, -0.25) is 0 Å². The average Bonchev–Trinajstić information content (AvgIpc) is 2.70. The summed E-state index contributed by atoms with van der Waals surface area (Å²) in [7, 11) is -3.36. The molecule has 0 bridgehead atoms. The lowest BCUT2D eigenvalue weighted by molar-refractivity contribution is 0.568. The molecule has 0 fully saturated rings. The Morgan fingerprint density at radius 1 is 1.25 bits per heavy atom. The van der Waals surface area contributed by atoms with Gasteiger partial charge in [0.1, 0.15) is 0 Å². The largest absolute Gasteiger partial charge is 0.241 e. The van der Waals surface area contributed by atoms with Gasteiger partial charge in [0.2, 0.25) is 10.0 Å². The van der Waals surface area contributed by atoms with E-state index < -0.39 is 10.0 Å². The molecule has 0 heterocycles. The van der Waals surface area contributed by atoms with E-state index in [9.17, 15) is 8.42 Å². The topological polar surface area (TPSA) is 46.2 Å². The highest BCUT2D eigenvalue weighted by Gasteiger charge is 2.19. The molecule has 0 spiro atoms. The summed E-state index contributed by atoms with van der Waals surface area (Å²) in [6.07, 6.45) is 5.71. The van der Waals surface area contributed by atoms with Crippen molar-refractivity contribution in [3.8, 4) is 0 Å². The molecule has 0 saturated carbocycles. The number of hydrogen-bond acceptors (Lipinski definition) is 2. The fourth-order valence-electron chi connectivity index (χ4n) is 1.72. The Bertz CT molecular complexity index is 488. The quantitative estimate of drug-likeness (QED) is 0.817. The van der Waals surface area contributed by atoms with Gasteiger partial charge >= 0.3 is 0 Å². The molecule has 16 heavy (non-hydrogen) atoms. The second-order valence-electron chi connectivity index (χ2n) is 4.05. The average molecular weight is 237 g/mol. The van der Waals surface area contributed by atoms with Gasteiger partial charge < -0.3 is 0 Å². The Labute approximate surface area is 96.2 Å². The van der Waals surface area contributed by atoms with Crippen molar-refractivity contribution in [1.29, 1.82) is 0 Å². The number of nitrogens with one attached hydrogen (secondary N) is 1. The SMILES string of the molecule is Cc1ccc(S(=O)(=O)N[C@@H]2C=CCC2)cc1. The second-order valence-corrected chi connectivity index (χ2v) is 5.76. The van der Waals surface area contributed by atoms with Crippen molar-refractivity contribution in [2.24, 2.45) is 0 Å². The minimum Gasteiger partial charge on any atom is -0.207 e. The molecule has 1 aliphatic rings. The number of sulfonamides is 1. The van der Waals surface area contributed by atoms with E-state index >= 15 is 0 Å². The van der Waals surface area contributed by atoms with Gasteiger partial charge in [0.05, 0.1) is 4.90 Å². The molecule has 2 rings (SSSR count). The summed E-state index contributed by atoms with van der Waals surface area (Å²) in [5.41, 5.74) is 1.06. The van der Waals surface area contributed by atoms with Crippen LogP contribution in [0.2, 0.25) is 0 Å². The van der Waals surface area contributed by atoms with Crippen LogP contribution in [0.1, 0.15) is 18.4 Å². The van der Waals surface area contributed by atoms with Gasteiger partial charge in [-0.25, -0.2) is 13.1 Å². The number of aryl methyl sites for hydroxylation is 1. The molecule has 1 N–H and O–H groups in total. The smallest absolute Gasteiger partial charge is 0.207 e. The highest BCUT2D eigenvalue weighted by Crippen LogP contribution is 2.15. The minimum atomic E-state index is -3.36. The van der Waals surface area contributed by atoms with Gasteiger partial charge in [-0.05, 0) is 31.9 Å². The molecule has 1 aromatic carbocycles. The van der Waals surface area contributed by atoms with Gasteiger partial charge in [0.15, 0.2) is 0 Å². The third-order valence-electron chi connectivity index (χ3n) is 2.65. The molecule has 0 aliphatic heterocycles. The van der Waals surface area contributed by atoms with E-state index in [4.69, 9.17) is 0 Å². The molecule has 1 atom stereocenters. The van der Waals surface area contributed by atoms with Gasteiger partial charge in [0.25, 0.3) is 0 Å². The maximum Gasteiger partial charge on any atom is 0.241 e. The minimum absolute atomic E-state index is 0.0497. The summed E-state index contributed by atoms with van der Waals surface area (Å²) < 4.78 is 26.6. The summed E-state index contributed by atoms with van der Waals surface area (Å²) in [4.78, 5) is 0.332. The van der Waals surface area contributed by atoms with Crippen LogP contribution in [-0.4, -0.2) is 14.5 Å². The van der Waals surface area contributed by atoms with Crippen LogP contribution in [-0.2, 0) is 10.0 Å². The third kappa shape index (κ3) is 2.51. The highest BCUT2D eigenvalue weighted by atomic mass is 32.2. The maximum atomic E-state index is 12.0. The van der Waals surface area contributed by atoms with Crippen molar-refractivity contribution < 1.29 is 8.42 Å². The normalized spacial score (nSPS) is 20.2. The molecule has 1 aromatic rings. The fraction of sp³-hybridized carbons (Fsp3) is 0.333. The maximum absolute atomic E-state index is 12.0. The van der Waals surface area contributed by atoms with E-state index in [-0.39, 0.29) is 6.04 Å². The molecule has 86 valence electrons. The number of hydrogen-bond donors (Lipinski definition) is 1. The summed E-state index contributed by atoms with van der Waals surface area (Å²) in [6, 6.07) is 6.83. The van der Waals surface area contributed by atoms with Crippen LogP contribution in [0.25, 0.3) is 0 Å². The number of rotatable bonds is 3. The molecule has 0 amide bonds. The lowest BCUT2D eigenvalue weighted by Crippen LogP contribution is -2.32. The third-order valence-corrected chi connectivity index (χ3v) is 4.16.